The molecule has 1 N–H and O–H groups in total. The number of nitrogens with one attached hydrogen (secondary N) is 1. The first kappa shape index (κ1) is 20.8. The van der Waals surface area contributed by atoms with E-state index >= 15 is 0 Å². The van der Waals surface area contributed by atoms with Crippen LogP contribution in [-0.4, -0.2) is 24.2 Å². The minimum absolute atomic E-state index is 0.0585. The molecule has 2 rings (SSSR count). The van der Waals surface area contributed by atoms with E-state index in [0.29, 0.717) is 6.07 Å². The van der Waals surface area contributed by atoms with Crippen molar-refractivity contribution in [1.82, 2.24) is 5.32 Å². The summed E-state index contributed by atoms with van der Waals surface area (Å²) in [7, 11) is 0. The molecule has 0 saturated heterocycles. The Morgan fingerprint density at radius 2 is 1.70 bits per heavy atom. The van der Waals surface area contributed by atoms with Gasteiger partial charge in [0.2, 0.25) is 0 Å². The van der Waals surface area contributed by atoms with Gasteiger partial charge in [0.25, 0.3) is 5.91 Å². The molecule has 0 heterocycles. The molecule has 0 aliphatic heterocycles. The number of rotatable bonds is 7. The smallest absolute Gasteiger partial charge is 0.316 e. The number of carbonyl (C=O) groups excluding carboxylic acids is 2. The Balaban J connectivity index is 1.79. The lowest BCUT2D eigenvalue weighted by Gasteiger charge is -2.15. The molecular formula is C18H15F4NO3S. The summed E-state index contributed by atoms with van der Waals surface area (Å²) in [6.07, 6.45) is 0. The topological polar surface area (TPSA) is 55.4 Å². The SMILES string of the molecule is C[C@H](NC(=O)COC(=O)CSc1cc(F)ccc1F)c1ccc(F)cc1F. The molecule has 2 aromatic carbocycles. The van der Waals surface area contributed by atoms with Crippen LogP contribution in [0.5, 0.6) is 0 Å². The van der Waals surface area contributed by atoms with E-state index in [4.69, 9.17) is 4.74 Å². The van der Waals surface area contributed by atoms with E-state index in [-0.39, 0.29) is 16.2 Å². The molecule has 0 bridgehead atoms. The Morgan fingerprint density at radius 3 is 2.41 bits per heavy atom. The average Bonchev–Trinajstić information content (AvgIpc) is 2.60. The highest BCUT2D eigenvalue weighted by Gasteiger charge is 2.16. The van der Waals surface area contributed by atoms with Gasteiger partial charge in [0, 0.05) is 16.5 Å². The Bertz CT molecular complexity index is 847. The average molecular weight is 401 g/mol. The van der Waals surface area contributed by atoms with E-state index in [1.807, 2.05) is 0 Å². The van der Waals surface area contributed by atoms with Crippen LogP contribution in [0.2, 0.25) is 0 Å². The molecule has 0 aliphatic rings. The summed E-state index contributed by atoms with van der Waals surface area (Å²) in [5.74, 6) is -4.70. The summed E-state index contributed by atoms with van der Waals surface area (Å²) in [6.45, 7) is 0.858. The van der Waals surface area contributed by atoms with Crippen LogP contribution >= 0.6 is 11.8 Å². The molecular weight excluding hydrogens is 386 g/mol. The second-order valence-electron chi connectivity index (χ2n) is 5.48. The summed E-state index contributed by atoms with van der Waals surface area (Å²) in [6, 6.07) is 5.02. The van der Waals surface area contributed by atoms with Gasteiger partial charge in [-0.25, -0.2) is 17.6 Å². The quantitative estimate of drug-likeness (QED) is 0.436. The third kappa shape index (κ3) is 6.28. The van der Waals surface area contributed by atoms with Gasteiger partial charge in [-0.3, -0.25) is 9.59 Å². The molecule has 0 saturated carbocycles. The third-order valence-electron chi connectivity index (χ3n) is 3.41. The predicted molar refractivity (Wildman–Crippen MR) is 91.0 cm³/mol. The van der Waals surface area contributed by atoms with Gasteiger partial charge in [-0.15, -0.1) is 11.8 Å². The molecule has 2 aromatic rings. The van der Waals surface area contributed by atoms with Gasteiger partial charge < -0.3 is 10.1 Å². The van der Waals surface area contributed by atoms with E-state index in [1.54, 1.807) is 0 Å². The van der Waals surface area contributed by atoms with Gasteiger partial charge in [-0.1, -0.05) is 6.07 Å². The van der Waals surface area contributed by atoms with Gasteiger partial charge in [0.05, 0.1) is 11.8 Å². The summed E-state index contributed by atoms with van der Waals surface area (Å²) in [5.41, 5.74) is 0.0770. The van der Waals surface area contributed by atoms with Crippen molar-refractivity contribution in [2.45, 2.75) is 17.9 Å². The van der Waals surface area contributed by atoms with Gasteiger partial charge in [-0.2, -0.15) is 0 Å². The maximum Gasteiger partial charge on any atom is 0.316 e. The zero-order chi connectivity index (χ0) is 20.0. The van der Waals surface area contributed by atoms with Crippen molar-refractivity contribution in [3.05, 3.63) is 65.2 Å². The van der Waals surface area contributed by atoms with E-state index < -0.39 is 47.8 Å². The fourth-order valence-electron chi connectivity index (χ4n) is 2.13. The number of benzene rings is 2. The van der Waals surface area contributed by atoms with Crippen molar-refractivity contribution in [2.75, 3.05) is 12.4 Å². The molecule has 0 aliphatic carbocycles. The number of hydrogen-bond acceptors (Lipinski definition) is 4. The molecule has 27 heavy (non-hydrogen) atoms. The molecule has 144 valence electrons. The summed E-state index contributed by atoms with van der Waals surface area (Å²) < 4.78 is 57.8. The second kappa shape index (κ2) is 9.40. The summed E-state index contributed by atoms with van der Waals surface area (Å²) >= 11 is 0.729. The summed E-state index contributed by atoms with van der Waals surface area (Å²) in [4.78, 5) is 23.3. The first-order valence-corrected chi connectivity index (χ1v) is 8.72. The van der Waals surface area contributed by atoms with Crippen LogP contribution in [0.1, 0.15) is 18.5 Å². The van der Waals surface area contributed by atoms with Crippen molar-refractivity contribution >= 4 is 23.6 Å². The first-order valence-electron chi connectivity index (χ1n) is 7.74. The second-order valence-corrected chi connectivity index (χ2v) is 6.50. The normalized spacial score (nSPS) is 11.7. The zero-order valence-electron chi connectivity index (χ0n) is 14.1. The number of halogens is 4. The predicted octanol–water partition coefficient (Wildman–Crippen LogP) is 3.76. The van der Waals surface area contributed by atoms with Crippen LogP contribution in [0.15, 0.2) is 41.3 Å². The van der Waals surface area contributed by atoms with E-state index in [9.17, 15) is 27.2 Å². The summed E-state index contributed by atoms with van der Waals surface area (Å²) in [5, 5.41) is 2.41. The number of amides is 1. The van der Waals surface area contributed by atoms with Crippen molar-refractivity contribution in [2.24, 2.45) is 0 Å². The van der Waals surface area contributed by atoms with E-state index in [0.717, 1.165) is 36.0 Å². The van der Waals surface area contributed by atoms with Gasteiger partial charge >= 0.3 is 5.97 Å². The molecule has 0 fully saturated rings. The fraction of sp³-hybridized carbons (Fsp3) is 0.222. The highest BCUT2D eigenvalue weighted by atomic mass is 32.2. The van der Waals surface area contributed by atoms with Crippen molar-refractivity contribution in [1.29, 1.82) is 0 Å². The fourth-order valence-corrected chi connectivity index (χ4v) is 2.88. The van der Waals surface area contributed by atoms with Crippen LogP contribution in [0.4, 0.5) is 17.6 Å². The molecule has 9 heteroatoms. The lowest BCUT2D eigenvalue weighted by atomic mass is 10.1. The monoisotopic (exact) mass is 401 g/mol. The maximum atomic E-state index is 13.7. The molecule has 0 spiro atoms. The minimum Gasteiger partial charge on any atom is -0.455 e. The third-order valence-corrected chi connectivity index (χ3v) is 4.41. The Kier molecular flexibility index (Phi) is 7.23. The molecule has 1 atom stereocenters. The van der Waals surface area contributed by atoms with Crippen LogP contribution in [-0.2, 0) is 14.3 Å². The van der Waals surface area contributed by atoms with Crippen LogP contribution in [0.25, 0.3) is 0 Å². The van der Waals surface area contributed by atoms with E-state index in [1.165, 1.54) is 13.0 Å². The molecule has 0 aromatic heterocycles. The Morgan fingerprint density at radius 1 is 1.04 bits per heavy atom. The molecule has 1 amide bonds. The van der Waals surface area contributed by atoms with Crippen LogP contribution < -0.4 is 5.32 Å². The minimum atomic E-state index is -0.812. The lowest BCUT2D eigenvalue weighted by molar-refractivity contribution is -0.146. The highest BCUT2D eigenvalue weighted by molar-refractivity contribution is 8.00. The van der Waals surface area contributed by atoms with Gasteiger partial charge in [0.15, 0.2) is 6.61 Å². The number of esters is 1. The number of carbonyl (C=O) groups is 2. The maximum absolute atomic E-state index is 13.7. The van der Waals surface area contributed by atoms with Gasteiger partial charge in [0.1, 0.15) is 23.3 Å². The largest absolute Gasteiger partial charge is 0.455 e. The standard InChI is InChI=1S/C18H15F4NO3S/c1-10(13-4-2-11(19)6-15(13)22)23-17(24)8-26-18(25)9-27-16-7-12(20)3-5-14(16)21/h2-7,10H,8-9H2,1H3,(H,23,24)/t10-/m0/s1. The first-order chi connectivity index (χ1) is 12.8. The van der Waals surface area contributed by atoms with Crippen molar-refractivity contribution in [3.63, 3.8) is 0 Å². The lowest BCUT2D eigenvalue weighted by Crippen LogP contribution is -2.31. The van der Waals surface area contributed by atoms with Crippen molar-refractivity contribution < 1.29 is 31.9 Å². The van der Waals surface area contributed by atoms with Gasteiger partial charge in [-0.05, 0) is 31.2 Å². The molecule has 0 radical (unpaired) electrons. The van der Waals surface area contributed by atoms with E-state index in [2.05, 4.69) is 5.32 Å². The molecule has 4 nitrogen and oxygen atoms in total. The Hall–Kier alpha value is -2.55. The van der Waals surface area contributed by atoms with Crippen molar-refractivity contribution in [3.8, 4) is 0 Å². The van der Waals surface area contributed by atoms with Crippen LogP contribution in [0, 0.1) is 23.3 Å². The number of hydrogen-bond donors (Lipinski definition) is 1. The highest BCUT2D eigenvalue weighted by Crippen LogP contribution is 2.22. The zero-order valence-corrected chi connectivity index (χ0v) is 14.9. The Labute approximate surface area is 156 Å². The number of thioether (sulfide) groups is 1. The molecule has 0 unspecified atom stereocenters. The number of ether oxygens (including phenoxy) is 1. The van der Waals surface area contributed by atoms with Crippen LogP contribution in [0.3, 0.4) is 0 Å².